The normalized spacial score (nSPS) is 21.1. The maximum atomic E-state index is 4.32. The van der Waals surface area contributed by atoms with Crippen molar-refractivity contribution in [1.82, 2.24) is 15.2 Å². The lowest BCUT2D eigenvalue weighted by molar-refractivity contribution is 0.275. The van der Waals surface area contributed by atoms with Crippen molar-refractivity contribution in [2.45, 2.75) is 39.4 Å². The van der Waals surface area contributed by atoms with Gasteiger partial charge in [0.2, 0.25) is 0 Å². The highest BCUT2D eigenvalue weighted by Gasteiger charge is 2.23. The van der Waals surface area contributed by atoms with Gasteiger partial charge < -0.3 is 15.1 Å². The number of hydrogen-bond acceptors (Lipinski definition) is 4. The number of nitrogens with zero attached hydrogens (tertiary/aromatic N) is 3. The second-order valence-corrected chi connectivity index (χ2v) is 5.84. The van der Waals surface area contributed by atoms with Crippen LogP contribution in [-0.2, 0) is 6.54 Å². The Labute approximate surface area is 116 Å². The molecule has 0 spiro atoms. The van der Waals surface area contributed by atoms with E-state index in [1.165, 1.54) is 11.3 Å². The molecule has 0 amide bonds. The van der Waals surface area contributed by atoms with Crippen molar-refractivity contribution in [2.75, 3.05) is 31.6 Å². The summed E-state index contributed by atoms with van der Waals surface area (Å²) < 4.78 is 0. The van der Waals surface area contributed by atoms with Crippen LogP contribution in [-0.4, -0.2) is 48.6 Å². The van der Waals surface area contributed by atoms with Crippen LogP contribution in [0.3, 0.4) is 0 Å². The fourth-order valence-corrected chi connectivity index (χ4v) is 2.63. The molecule has 1 unspecified atom stereocenters. The number of likely N-dealkylation sites (N-methyl/N-ethyl adjacent to an activating group) is 1. The predicted octanol–water partition coefficient (Wildman–Crippen LogP) is 1.72. The monoisotopic (exact) mass is 262 g/mol. The molecule has 0 radical (unpaired) electrons. The van der Waals surface area contributed by atoms with Crippen molar-refractivity contribution in [1.29, 1.82) is 0 Å². The zero-order valence-corrected chi connectivity index (χ0v) is 12.6. The van der Waals surface area contributed by atoms with E-state index in [1.54, 1.807) is 0 Å². The first-order valence-corrected chi connectivity index (χ1v) is 7.19. The predicted molar refractivity (Wildman–Crippen MR) is 80.5 cm³/mol. The van der Waals surface area contributed by atoms with Crippen molar-refractivity contribution in [3.8, 4) is 0 Å². The summed E-state index contributed by atoms with van der Waals surface area (Å²) in [4.78, 5) is 9.20. The van der Waals surface area contributed by atoms with Crippen LogP contribution in [0.25, 0.3) is 0 Å². The van der Waals surface area contributed by atoms with E-state index >= 15 is 0 Å². The molecule has 4 heteroatoms. The summed E-state index contributed by atoms with van der Waals surface area (Å²) in [7, 11) is 2.19. The molecule has 106 valence electrons. The number of piperazine rings is 1. The highest BCUT2D eigenvalue weighted by Crippen LogP contribution is 2.23. The minimum absolute atomic E-state index is 0.505. The van der Waals surface area contributed by atoms with E-state index < -0.39 is 0 Å². The van der Waals surface area contributed by atoms with E-state index in [9.17, 15) is 0 Å². The van der Waals surface area contributed by atoms with Crippen LogP contribution >= 0.6 is 0 Å². The molecular weight excluding hydrogens is 236 g/mol. The van der Waals surface area contributed by atoms with Gasteiger partial charge in [-0.1, -0.05) is 13.8 Å². The highest BCUT2D eigenvalue weighted by atomic mass is 15.3. The van der Waals surface area contributed by atoms with Crippen LogP contribution in [0.1, 0.15) is 26.3 Å². The van der Waals surface area contributed by atoms with Gasteiger partial charge in [-0.25, -0.2) is 0 Å². The number of pyridine rings is 1. The maximum Gasteiger partial charge on any atom is 0.0601 e. The summed E-state index contributed by atoms with van der Waals surface area (Å²) >= 11 is 0. The molecule has 0 aromatic carbocycles. The van der Waals surface area contributed by atoms with Crippen LogP contribution in [0.2, 0.25) is 0 Å². The number of nitrogens with one attached hydrogen (secondary N) is 1. The number of aromatic nitrogens is 1. The molecule has 1 aliphatic rings. The maximum absolute atomic E-state index is 4.32. The number of hydrogen-bond donors (Lipinski definition) is 1. The lowest BCUT2D eigenvalue weighted by atomic mass is 10.1. The largest absolute Gasteiger partial charge is 0.365 e. The summed E-state index contributed by atoms with van der Waals surface area (Å²) in [6.07, 6.45) is 3.90. The Morgan fingerprint density at radius 2 is 2.21 bits per heavy atom. The molecule has 4 nitrogen and oxygen atoms in total. The van der Waals surface area contributed by atoms with Crippen LogP contribution in [0.4, 0.5) is 5.69 Å². The minimum Gasteiger partial charge on any atom is -0.365 e. The average Bonchev–Trinajstić information content (AvgIpc) is 2.37. The SMILES string of the molecule is CC(C)NCc1ccncc1N1CCN(C)CC1C. The molecule has 1 N–H and O–H groups in total. The molecule has 0 saturated carbocycles. The molecule has 0 aliphatic carbocycles. The lowest BCUT2D eigenvalue weighted by Crippen LogP contribution is -2.51. The van der Waals surface area contributed by atoms with Gasteiger partial charge in [-0.05, 0) is 25.6 Å². The number of rotatable bonds is 4. The molecule has 1 atom stereocenters. The molecular formula is C15H26N4. The van der Waals surface area contributed by atoms with E-state index in [0.29, 0.717) is 12.1 Å². The summed E-state index contributed by atoms with van der Waals surface area (Å²) in [6, 6.07) is 3.18. The fraction of sp³-hybridized carbons (Fsp3) is 0.667. The zero-order valence-electron chi connectivity index (χ0n) is 12.6. The molecule has 1 aromatic rings. The molecule has 1 saturated heterocycles. The quantitative estimate of drug-likeness (QED) is 0.895. The Kier molecular flexibility index (Phi) is 4.77. The van der Waals surface area contributed by atoms with Gasteiger partial charge in [0, 0.05) is 44.5 Å². The third kappa shape index (κ3) is 3.67. The highest BCUT2D eigenvalue weighted by molar-refractivity contribution is 5.53. The Morgan fingerprint density at radius 3 is 2.89 bits per heavy atom. The smallest absolute Gasteiger partial charge is 0.0601 e. The summed E-state index contributed by atoms with van der Waals surface area (Å²) in [5.74, 6) is 0. The Morgan fingerprint density at radius 1 is 1.42 bits per heavy atom. The first kappa shape index (κ1) is 14.3. The van der Waals surface area contributed by atoms with Crippen molar-refractivity contribution < 1.29 is 0 Å². The van der Waals surface area contributed by atoms with Gasteiger partial charge in [0.15, 0.2) is 0 Å². The molecule has 0 bridgehead atoms. The van der Waals surface area contributed by atoms with Crippen molar-refractivity contribution in [3.05, 3.63) is 24.0 Å². The first-order valence-electron chi connectivity index (χ1n) is 7.19. The fourth-order valence-electron chi connectivity index (χ4n) is 2.63. The van der Waals surface area contributed by atoms with Gasteiger partial charge in [0.05, 0.1) is 11.9 Å². The Bertz CT molecular complexity index is 405. The second kappa shape index (κ2) is 6.35. The average molecular weight is 262 g/mol. The Hall–Kier alpha value is -1.13. The molecule has 1 aromatic heterocycles. The second-order valence-electron chi connectivity index (χ2n) is 5.84. The summed E-state index contributed by atoms with van der Waals surface area (Å²) in [6.45, 7) is 10.9. The van der Waals surface area contributed by atoms with Crippen LogP contribution in [0.15, 0.2) is 18.5 Å². The topological polar surface area (TPSA) is 31.4 Å². The van der Waals surface area contributed by atoms with Crippen LogP contribution in [0, 0.1) is 0 Å². The standard InChI is InChI=1S/C15H26N4/c1-12(2)17-9-14-5-6-16-10-15(14)19-8-7-18(4)11-13(19)3/h5-6,10,12-13,17H,7-9,11H2,1-4H3. The van der Waals surface area contributed by atoms with E-state index in [1.807, 2.05) is 12.4 Å². The van der Waals surface area contributed by atoms with Gasteiger partial charge >= 0.3 is 0 Å². The molecule has 2 rings (SSSR count). The third-order valence-corrected chi connectivity index (χ3v) is 3.73. The number of anilines is 1. The van der Waals surface area contributed by atoms with E-state index in [-0.39, 0.29) is 0 Å². The van der Waals surface area contributed by atoms with Crippen LogP contribution in [0.5, 0.6) is 0 Å². The van der Waals surface area contributed by atoms with Crippen LogP contribution < -0.4 is 10.2 Å². The third-order valence-electron chi connectivity index (χ3n) is 3.73. The van der Waals surface area contributed by atoms with E-state index in [2.05, 4.69) is 54.0 Å². The summed E-state index contributed by atoms with van der Waals surface area (Å²) in [5, 5.41) is 3.50. The molecule has 1 aliphatic heterocycles. The molecule has 1 fully saturated rings. The van der Waals surface area contributed by atoms with Gasteiger partial charge in [-0.15, -0.1) is 0 Å². The van der Waals surface area contributed by atoms with Crippen molar-refractivity contribution in [3.63, 3.8) is 0 Å². The summed E-state index contributed by atoms with van der Waals surface area (Å²) in [5.41, 5.74) is 2.64. The van der Waals surface area contributed by atoms with Gasteiger partial charge in [0.1, 0.15) is 0 Å². The van der Waals surface area contributed by atoms with E-state index in [0.717, 1.165) is 26.2 Å². The van der Waals surface area contributed by atoms with Gasteiger partial charge in [0.25, 0.3) is 0 Å². The zero-order chi connectivity index (χ0) is 13.8. The van der Waals surface area contributed by atoms with Crippen molar-refractivity contribution in [2.24, 2.45) is 0 Å². The first-order chi connectivity index (χ1) is 9.08. The van der Waals surface area contributed by atoms with Gasteiger partial charge in [-0.2, -0.15) is 0 Å². The lowest BCUT2D eigenvalue weighted by Gasteiger charge is -2.40. The minimum atomic E-state index is 0.505. The van der Waals surface area contributed by atoms with E-state index in [4.69, 9.17) is 0 Å². The van der Waals surface area contributed by atoms with Crippen molar-refractivity contribution >= 4 is 5.69 Å². The molecule has 19 heavy (non-hydrogen) atoms. The Balaban J connectivity index is 2.14. The van der Waals surface area contributed by atoms with Gasteiger partial charge in [-0.3, -0.25) is 4.98 Å². The molecule has 2 heterocycles.